The van der Waals surface area contributed by atoms with Crippen LogP contribution in [-0.4, -0.2) is 35.4 Å². The van der Waals surface area contributed by atoms with E-state index in [-0.39, 0.29) is 29.7 Å². The highest BCUT2D eigenvalue weighted by Crippen LogP contribution is 2.27. The lowest BCUT2D eigenvalue weighted by Crippen LogP contribution is -2.54. The Morgan fingerprint density at radius 2 is 1.80 bits per heavy atom. The molecule has 4 N–H and O–H groups in total. The second-order valence-electron chi connectivity index (χ2n) is 8.65. The smallest absolute Gasteiger partial charge is 0.243 e. The van der Waals surface area contributed by atoms with E-state index in [4.69, 9.17) is 10.7 Å². The summed E-state index contributed by atoms with van der Waals surface area (Å²) in [4.78, 5) is 30.1. The highest BCUT2D eigenvalue weighted by Gasteiger charge is 2.27. The summed E-state index contributed by atoms with van der Waals surface area (Å²) in [5.74, 6) is 0.145. The Bertz CT molecular complexity index is 862. The fraction of sp³-hybridized carbons (Fsp3) is 0.609. The van der Waals surface area contributed by atoms with Crippen LogP contribution in [0.5, 0.6) is 0 Å². The molecule has 0 fully saturated rings. The maximum atomic E-state index is 13.0. The van der Waals surface area contributed by atoms with Gasteiger partial charge in [-0.2, -0.15) is 0 Å². The van der Waals surface area contributed by atoms with Gasteiger partial charge in [-0.1, -0.05) is 54.0 Å². The number of hydrogen-bond donors (Lipinski definition) is 3. The molecule has 0 aliphatic heterocycles. The van der Waals surface area contributed by atoms with Crippen molar-refractivity contribution in [1.82, 2.24) is 15.6 Å². The number of amides is 2. The maximum Gasteiger partial charge on any atom is 0.243 e. The minimum atomic E-state index is -0.678. The first-order chi connectivity index (χ1) is 14.2. The molecule has 0 radical (unpaired) electrons. The van der Waals surface area contributed by atoms with Crippen LogP contribution in [0.15, 0.2) is 18.2 Å². The Labute approximate surface area is 184 Å². The number of benzene rings is 1. The molecular formula is C23H36N4O2S. The average Bonchev–Trinajstić information content (AvgIpc) is 3.11. The molecule has 3 atom stereocenters. The third-order valence-corrected chi connectivity index (χ3v) is 6.61. The second-order valence-corrected chi connectivity index (χ2v) is 9.76. The van der Waals surface area contributed by atoms with E-state index < -0.39 is 6.04 Å². The molecule has 0 saturated heterocycles. The summed E-state index contributed by atoms with van der Waals surface area (Å²) in [6, 6.07) is 5.49. The topological polar surface area (TPSA) is 97.1 Å². The van der Waals surface area contributed by atoms with Crippen molar-refractivity contribution in [3.8, 4) is 0 Å². The molecule has 1 aromatic carbocycles. The van der Waals surface area contributed by atoms with Crippen LogP contribution in [0.25, 0.3) is 10.2 Å². The standard InChI is InChI=1S/C23H36N4O2S/c1-7-15(6)19(12-24)27-23(29)18(26-22(28)14(4)5)11-21-25-17-9-8-16(13(2)3)10-20(17)30-21/h8-10,13-15,18-19H,7,11-12,24H2,1-6H3,(H,26,28)(H,27,29). The van der Waals surface area contributed by atoms with Crippen molar-refractivity contribution in [2.75, 3.05) is 6.54 Å². The number of hydrogen-bond acceptors (Lipinski definition) is 5. The predicted octanol–water partition coefficient (Wildman–Crippen LogP) is 3.59. The predicted molar refractivity (Wildman–Crippen MR) is 125 cm³/mol. The number of carbonyl (C=O) groups is 2. The maximum absolute atomic E-state index is 13.0. The Balaban J connectivity index is 2.25. The molecule has 1 heterocycles. The zero-order chi connectivity index (χ0) is 22.4. The summed E-state index contributed by atoms with van der Waals surface area (Å²) in [5.41, 5.74) is 8.06. The molecule has 30 heavy (non-hydrogen) atoms. The highest BCUT2D eigenvalue weighted by molar-refractivity contribution is 7.18. The third-order valence-electron chi connectivity index (χ3n) is 5.57. The minimum Gasteiger partial charge on any atom is -0.350 e. The Kier molecular flexibility index (Phi) is 8.79. The van der Waals surface area contributed by atoms with Crippen molar-refractivity contribution >= 4 is 33.4 Å². The quantitative estimate of drug-likeness (QED) is 0.534. The van der Waals surface area contributed by atoms with Gasteiger partial charge in [0.25, 0.3) is 0 Å². The molecule has 0 aliphatic carbocycles. The lowest BCUT2D eigenvalue weighted by Gasteiger charge is -2.26. The van der Waals surface area contributed by atoms with Gasteiger partial charge in [-0.3, -0.25) is 9.59 Å². The molecular weight excluding hydrogens is 396 g/mol. The molecule has 2 rings (SSSR count). The van der Waals surface area contributed by atoms with Crippen LogP contribution in [0, 0.1) is 11.8 Å². The Hall–Kier alpha value is -1.99. The van der Waals surface area contributed by atoms with Crippen LogP contribution in [0.3, 0.4) is 0 Å². The van der Waals surface area contributed by atoms with Crippen molar-refractivity contribution in [3.05, 3.63) is 28.8 Å². The number of nitrogens with zero attached hydrogens (tertiary/aromatic N) is 1. The first kappa shape index (κ1) is 24.3. The van der Waals surface area contributed by atoms with Gasteiger partial charge in [-0.05, 0) is 29.5 Å². The molecule has 2 amide bonds. The van der Waals surface area contributed by atoms with Gasteiger partial charge >= 0.3 is 0 Å². The molecule has 3 unspecified atom stereocenters. The number of fused-ring (bicyclic) bond motifs is 1. The SMILES string of the molecule is CCC(C)C(CN)NC(=O)C(Cc1nc2ccc(C(C)C)cc2s1)NC(=O)C(C)C. The summed E-state index contributed by atoms with van der Waals surface area (Å²) in [5, 5.41) is 6.77. The van der Waals surface area contributed by atoms with Gasteiger partial charge in [-0.25, -0.2) is 4.98 Å². The first-order valence-electron chi connectivity index (χ1n) is 10.9. The van der Waals surface area contributed by atoms with E-state index in [1.54, 1.807) is 11.3 Å². The molecule has 6 nitrogen and oxygen atoms in total. The van der Waals surface area contributed by atoms with Crippen molar-refractivity contribution < 1.29 is 9.59 Å². The molecule has 0 saturated carbocycles. The van der Waals surface area contributed by atoms with Crippen molar-refractivity contribution in [2.45, 2.75) is 72.4 Å². The molecule has 7 heteroatoms. The van der Waals surface area contributed by atoms with Gasteiger partial charge in [0.05, 0.1) is 15.2 Å². The van der Waals surface area contributed by atoms with Crippen LogP contribution < -0.4 is 16.4 Å². The van der Waals surface area contributed by atoms with Crippen LogP contribution in [-0.2, 0) is 16.0 Å². The Morgan fingerprint density at radius 3 is 2.37 bits per heavy atom. The van der Waals surface area contributed by atoms with Gasteiger partial charge in [0, 0.05) is 24.9 Å². The van der Waals surface area contributed by atoms with Crippen molar-refractivity contribution in [1.29, 1.82) is 0 Å². The second kappa shape index (κ2) is 10.9. The number of rotatable bonds is 10. The summed E-state index contributed by atoms with van der Waals surface area (Å²) in [6.07, 6.45) is 1.28. The lowest BCUT2D eigenvalue weighted by atomic mass is 9.98. The molecule has 0 aliphatic rings. The normalized spacial score (nSPS) is 14.7. The lowest BCUT2D eigenvalue weighted by molar-refractivity contribution is -0.131. The van der Waals surface area contributed by atoms with Gasteiger partial charge < -0.3 is 16.4 Å². The fourth-order valence-corrected chi connectivity index (χ4v) is 4.22. The van der Waals surface area contributed by atoms with E-state index in [9.17, 15) is 9.59 Å². The van der Waals surface area contributed by atoms with Crippen molar-refractivity contribution in [2.24, 2.45) is 17.6 Å². The van der Waals surface area contributed by atoms with E-state index in [0.717, 1.165) is 21.6 Å². The summed E-state index contributed by atoms with van der Waals surface area (Å²) in [6.45, 7) is 12.5. The van der Waals surface area contributed by atoms with Crippen LogP contribution in [0.2, 0.25) is 0 Å². The number of nitrogens with two attached hydrogens (primary N) is 1. The summed E-state index contributed by atoms with van der Waals surface area (Å²) < 4.78 is 1.10. The first-order valence-corrected chi connectivity index (χ1v) is 11.7. The summed E-state index contributed by atoms with van der Waals surface area (Å²) >= 11 is 1.58. The number of thiazole rings is 1. The molecule has 2 aromatic rings. The van der Waals surface area contributed by atoms with Crippen LogP contribution in [0.1, 0.15) is 64.5 Å². The molecule has 0 spiro atoms. The fourth-order valence-electron chi connectivity index (χ4n) is 3.16. The van der Waals surface area contributed by atoms with E-state index >= 15 is 0 Å². The molecule has 1 aromatic heterocycles. The number of aromatic nitrogens is 1. The molecule has 166 valence electrons. The van der Waals surface area contributed by atoms with Gasteiger partial charge in [-0.15, -0.1) is 11.3 Å². The van der Waals surface area contributed by atoms with Crippen molar-refractivity contribution in [3.63, 3.8) is 0 Å². The minimum absolute atomic E-state index is 0.120. The van der Waals surface area contributed by atoms with E-state index in [1.165, 1.54) is 5.56 Å². The zero-order valence-electron chi connectivity index (χ0n) is 19.0. The van der Waals surface area contributed by atoms with E-state index in [1.807, 2.05) is 19.9 Å². The summed E-state index contributed by atoms with van der Waals surface area (Å²) in [7, 11) is 0. The third kappa shape index (κ3) is 6.25. The van der Waals surface area contributed by atoms with E-state index in [2.05, 4.69) is 50.5 Å². The number of nitrogens with one attached hydrogen (secondary N) is 2. The van der Waals surface area contributed by atoms with Crippen LogP contribution in [0.4, 0.5) is 0 Å². The number of carbonyl (C=O) groups excluding carboxylic acids is 2. The van der Waals surface area contributed by atoms with Gasteiger partial charge in [0.15, 0.2) is 0 Å². The monoisotopic (exact) mass is 432 g/mol. The van der Waals surface area contributed by atoms with Crippen LogP contribution >= 0.6 is 11.3 Å². The zero-order valence-corrected chi connectivity index (χ0v) is 19.8. The largest absolute Gasteiger partial charge is 0.350 e. The average molecular weight is 433 g/mol. The Morgan fingerprint density at radius 1 is 1.10 bits per heavy atom. The highest BCUT2D eigenvalue weighted by atomic mass is 32.1. The van der Waals surface area contributed by atoms with E-state index in [0.29, 0.717) is 18.9 Å². The van der Waals surface area contributed by atoms with Gasteiger partial charge in [0.1, 0.15) is 6.04 Å². The van der Waals surface area contributed by atoms with Gasteiger partial charge in [0.2, 0.25) is 11.8 Å². The molecule has 0 bridgehead atoms.